The standard InChI is InChI=1S/C23H34N4O3S/c1-14-19(31-13-26(14)5)16-8-6-15(7-9-16)11-25-21(29)18-10-17(28)12-27(18)22(30)20(24)23(2,3)4/h6-9,17-18,20,28H,10-13,24H2,1-5H3,(H,25,29)/t17-,18+,20-/m1/s1. The quantitative estimate of drug-likeness (QED) is 0.640. The molecule has 4 N–H and O–H groups in total. The van der Waals surface area contributed by atoms with Gasteiger partial charge in [-0.3, -0.25) is 9.59 Å². The van der Waals surface area contributed by atoms with Crippen molar-refractivity contribution < 1.29 is 14.7 Å². The first kappa shape index (κ1) is 23.6. The van der Waals surface area contributed by atoms with Crippen LogP contribution in [0.2, 0.25) is 0 Å². The highest BCUT2D eigenvalue weighted by atomic mass is 32.2. The Hall–Kier alpha value is -2.03. The number of benzene rings is 1. The van der Waals surface area contributed by atoms with Crippen LogP contribution in [0.4, 0.5) is 0 Å². The molecule has 0 spiro atoms. The third-order valence-corrected chi connectivity index (χ3v) is 7.39. The fraction of sp³-hybridized carbons (Fsp3) is 0.565. The van der Waals surface area contributed by atoms with Gasteiger partial charge < -0.3 is 26.0 Å². The number of hydrogen-bond donors (Lipinski definition) is 3. The summed E-state index contributed by atoms with van der Waals surface area (Å²) in [5.41, 5.74) is 9.12. The van der Waals surface area contributed by atoms with E-state index in [1.807, 2.05) is 44.7 Å². The number of allylic oxidation sites excluding steroid dienone is 1. The number of nitrogens with zero attached hydrogens (tertiary/aromatic N) is 2. The Morgan fingerprint density at radius 3 is 2.48 bits per heavy atom. The lowest BCUT2D eigenvalue weighted by Gasteiger charge is -2.32. The van der Waals surface area contributed by atoms with Crippen LogP contribution in [0.5, 0.6) is 0 Å². The van der Waals surface area contributed by atoms with E-state index in [0.29, 0.717) is 6.54 Å². The second kappa shape index (κ2) is 9.22. The molecule has 2 aliphatic heterocycles. The summed E-state index contributed by atoms with van der Waals surface area (Å²) in [6, 6.07) is 6.74. The number of carbonyl (C=O) groups excluding carboxylic acids is 2. The van der Waals surface area contributed by atoms with Crippen molar-refractivity contribution >= 4 is 28.5 Å². The van der Waals surface area contributed by atoms with E-state index >= 15 is 0 Å². The third kappa shape index (κ3) is 5.25. The molecule has 0 aromatic heterocycles. The van der Waals surface area contributed by atoms with Crippen LogP contribution in [0.15, 0.2) is 30.0 Å². The minimum atomic E-state index is -0.731. The summed E-state index contributed by atoms with van der Waals surface area (Å²) in [4.78, 5) is 30.6. The van der Waals surface area contributed by atoms with Gasteiger partial charge in [0, 0.05) is 37.2 Å². The molecule has 2 aliphatic rings. The Labute approximate surface area is 189 Å². The Morgan fingerprint density at radius 1 is 1.29 bits per heavy atom. The summed E-state index contributed by atoms with van der Waals surface area (Å²) in [6.07, 6.45) is -0.490. The Kier molecular flexibility index (Phi) is 7.03. The van der Waals surface area contributed by atoms with Crippen molar-refractivity contribution in [3.63, 3.8) is 0 Å². The van der Waals surface area contributed by atoms with Gasteiger partial charge in [0.1, 0.15) is 6.04 Å². The molecule has 3 rings (SSSR count). The highest BCUT2D eigenvalue weighted by molar-refractivity contribution is 8.08. The van der Waals surface area contributed by atoms with Gasteiger partial charge in [0.15, 0.2) is 0 Å². The van der Waals surface area contributed by atoms with Gasteiger partial charge in [0.05, 0.1) is 18.0 Å². The largest absolute Gasteiger partial charge is 0.391 e. The maximum Gasteiger partial charge on any atom is 0.243 e. The van der Waals surface area contributed by atoms with Gasteiger partial charge in [-0.1, -0.05) is 45.0 Å². The monoisotopic (exact) mass is 446 g/mol. The smallest absolute Gasteiger partial charge is 0.243 e. The maximum atomic E-state index is 12.8. The van der Waals surface area contributed by atoms with Crippen LogP contribution >= 0.6 is 11.8 Å². The fourth-order valence-electron chi connectivity index (χ4n) is 3.76. The van der Waals surface area contributed by atoms with Gasteiger partial charge in [0.25, 0.3) is 0 Å². The highest BCUT2D eigenvalue weighted by Crippen LogP contribution is 2.38. The van der Waals surface area contributed by atoms with Crippen LogP contribution in [0.3, 0.4) is 0 Å². The summed E-state index contributed by atoms with van der Waals surface area (Å²) in [7, 11) is 2.08. The SMILES string of the molecule is CC1=C(c2ccc(CNC(=O)[C@@H]3C[C@@H](O)CN3C(=O)[C@@H](N)C(C)(C)C)cc2)SCN1C. The summed E-state index contributed by atoms with van der Waals surface area (Å²) in [5, 5.41) is 13.0. The predicted octanol–water partition coefficient (Wildman–Crippen LogP) is 1.96. The molecule has 0 saturated carbocycles. The van der Waals surface area contributed by atoms with E-state index in [0.717, 1.165) is 11.4 Å². The lowest BCUT2D eigenvalue weighted by atomic mass is 9.86. The Balaban J connectivity index is 1.62. The minimum Gasteiger partial charge on any atom is -0.391 e. The van der Waals surface area contributed by atoms with Crippen molar-refractivity contribution in [3.8, 4) is 0 Å². The molecule has 0 unspecified atom stereocenters. The molecule has 170 valence electrons. The number of amides is 2. The molecule has 0 aliphatic carbocycles. The molecule has 31 heavy (non-hydrogen) atoms. The molecule has 1 saturated heterocycles. The summed E-state index contributed by atoms with van der Waals surface area (Å²) >= 11 is 1.82. The maximum absolute atomic E-state index is 12.8. The van der Waals surface area contributed by atoms with Crippen LogP contribution < -0.4 is 11.1 Å². The molecule has 1 fully saturated rings. The minimum absolute atomic E-state index is 0.135. The normalized spacial score (nSPS) is 22.8. The lowest BCUT2D eigenvalue weighted by Crippen LogP contribution is -2.54. The molecule has 0 radical (unpaired) electrons. The van der Waals surface area contributed by atoms with Crippen molar-refractivity contribution in [2.24, 2.45) is 11.1 Å². The molecular weight excluding hydrogens is 412 g/mol. The highest BCUT2D eigenvalue weighted by Gasteiger charge is 2.42. The second-order valence-electron chi connectivity index (χ2n) is 9.54. The van der Waals surface area contributed by atoms with E-state index in [1.54, 1.807) is 0 Å². The van der Waals surface area contributed by atoms with Crippen LogP contribution in [0.1, 0.15) is 45.2 Å². The number of nitrogens with two attached hydrogens (primary N) is 1. The lowest BCUT2D eigenvalue weighted by molar-refractivity contribution is -0.141. The zero-order valence-corrected chi connectivity index (χ0v) is 19.8. The van der Waals surface area contributed by atoms with E-state index in [-0.39, 0.29) is 24.8 Å². The zero-order valence-electron chi connectivity index (χ0n) is 19.0. The summed E-state index contributed by atoms with van der Waals surface area (Å²) in [5.74, 6) is 0.401. The van der Waals surface area contributed by atoms with Gasteiger partial charge >= 0.3 is 0 Å². The molecule has 2 amide bonds. The molecule has 2 heterocycles. The van der Waals surface area contributed by atoms with Crippen molar-refractivity contribution in [3.05, 3.63) is 41.1 Å². The van der Waals surface area contributed by atoms with Crippen molar-refractivity contribution in [2.45, 2.75) is 58.8 Å². The molecule has 1 aromatic rings. The first-order chi connectivity index (χ1) is 14.5. The number of β-amino-alcohol motifs (C(OH)–C–C–N with tert-alkyl or cyclic N) is 1. The second-order valence-corrected chi connectivity index (χ2v) is 10.5. The van der Waals surface area contributed by atoms with Gasteiger partial charge in [-0.25, -0.2) is 0 Å². The Morgan fingerprint density at radius 2 is 1.94 bits per heavy atom. The number of hydrogen-bond acceptors (Lipinski definition) is 6. The number of nitrogens with one attached hydrogen (secondary N) is 1. The summed E-state index contributed by atoms with van der Waals surface area (Å²) < 4.78 is 0. The number of aliphatic hydroxyl groups excluding tert-OH is 1. The number of likely N-dealkylation sites (tertiary alicyclic amines) is 1. The van der Waals surface area contributed by atoms with Gasteiger partial charge in [-0.2, -0.15) is 0 Å². The van der Waals surface area contributed by atoms with Crippen molar-refractivity contribution in [2.75, 3.05) is 19.5 Å². The Bertz CT molecular complexity index is 863. The topological polar surface area (TPSA) is 98.9 Å². The van der Waals surface area contributed by atoms with Crippen molar-refractivity contribution in [1.82, 2.24) is 15.1 Å². The molecular formula is C23H34N4O3S. The first-order valence-corrected chi connectivity index (χ1v) is 11.6. The van der Waals surface area contributed by atoms with Crippen LogP contribution in [-0.4, -0.2) is 64.4 Å². The van der Waals surface area contributed by atoms with Crippen LogP contribution in [0.25, 0.3) is 4.91 Å². The van der Waals surface area contributed by atoms with Crippen molar-refractivity contribution in [1.29, 1.82) is 0 Å². The van der Waals surface area contributed by atoms with E-state index in [4.69, 9.17) is 5.73 Å². The average molecular weight is 447 g/mol. The number of rotatable bonds is 5. The van der Waals surface area contributed by atoms with Crippen LogP contribution in [-0.2, 0) is 16.1 Å². The molecule has 0 bridgehead atoms. The predicted molar refractivity (Wildman–Crippen MR) is 125 cm³/mol. The average Bonchev–Trinajstić information content (AvgIpc) is 3.27. The summed E-state index contributed by atoms with van der Waals surface area (Å²) in [6.45, 7) is 8.29. The van der Waals surface area contributed by atoms with Gasteiger partial charge in [-0.05, 0) is 23.5 Å². The fourth-order valence-corrected chi connectivity index (χ4v) is 4.95. The first-order valence-electron chi connectivity index (χ1n) is 10.6. The van der Waals surface area contributed by atoms with E-state index in [9.17, 15) is 14.7 Å². The van der Waals surface area contributed by atoms with Gasteiger partial charge in [-0.15, -0.1) is 11.8 Å². The van der Waals surface area contributed by atoms with E-state index < -0.39 is 23.6 Å². The molecule has 1 aromatic carbocycles. The molecule has 8 heteroatoms. The number of carbonyl (C=O) groups is 2. The van der Waals surface area contributed by atoms with E-state index in [1.165, 1.54) is 21.1 Å². The molecule has 3 atom stereocenters. The van der Waals surface area contributed by atoms with Gasteiger partial charge in [0.2, 0.25) is 11.8 Å². The van der Waals surface area contributed by atoms with Crippen LogP contribution in [0, 0.1) is 5.41 Å². The van der Waals surface area contributed by atoms with E-state index in [2.05, 4.69) is 36.3 Å². The number of thioether (sulfide) groups is 1. The molecule has 7 nitrogen and oxygen atoms in total. The zero-order chi connectivity index (χ0) is 22.9. The number of aliphatic hydroxyl groups is 1. The third-order valence-electron chi connectivity index (χ3n) is 6.05.